The molecular formula is C26H30N4O3S. The van der Waals surface area contributed by atoms with Crippen molar-refractivity contribution in [3.63, 3.8) is 0 Å². The summed E-state index contributed by atoms with van der Waals surface area (Å²) in [5.74, 6) is -0.0284. The number of hydrogen-bond donors (Lipinski definition) is 2. The Balaban J connectivity index is 1.49. The monoisotopic (exact) mass is 478 g/mol. The number of piperidine rings is 1. The standard InChI is InChI=1S/C26H30N4O3S/c1-3-7-25(31)30-16-13-19(14-17-30)29-34(33)24-12-11-23(21-8-4-5-9-22(21)24)28-26(32)20-10-6-15-27-18(20)2/h4-6,8-12,15,19,29H,3,7,13-14,16-17H2,1-2H3,(H,28,32). The van der Waals surface area contributed by atoms with Gasteiger partial charge in [0.25, 0.3) is 5.91 Å². The van der Waals surface area contributed by atoms with Crippen LogP contribution in [-0.2, 0) is 15.8 Å². The molecule has 7 nitrogen and oxygen atoms in total. The topological polar surface area (TPSA) is 91.4 Å². The van der Waals surface area contributed by atoms with Crippen LogP contribution in [0.4, 0.5) is 5.69 Å². The Bertz CT molecular complexity index is 1220. The van der Waals surface area contributed by atoms with Crippen LogP contribution < -0.4 is 10.0 Å². The maximum atomic E-state index is 13.3. The number of aryl methyl sites for hydroxylation is 1. The number of nitrogens with zero attached hydrogens (tertiary/aromatic N) is 2. The molecule has 1 atom stereocenters. The van der Waals surface area contributed by atoms with Crippen LogP contribution in [0.1, 0.15) is 48.7 Å². The lowest BCUT2D eigenvalue weighted by atomic mass is 10.1. The number of aromatic nitrogens is 1. The molecule has 0 bridgehead atoms. The predicted octanol–water partition coefficient (Wildman–Crippen LogP) is 4.20. The predicted molar refractivity (Wildman–Crippen MR) is 135 cm³/mol. The average molecular weight is 479 g/mol. The molecular weight excluding hydrogens is 448 g/mol. The summed E-state index contributed by atoms with van der Waals surface area (Å²) in [4.78, 5) is 31.7. The Kier molecular flexibility index (Phi) is 7.70. The summed E-state index contributed by atoms with van der Waals surface area (Å²) in [6.07, 6.45) is 4.65. The molecule has 1 aromatic heterocycles. The molecule has 178 valence electrons. The zero-order valence-corrected chi connectivity index (χ0v) is 20.4. The lowest BCUT2D eigenvalue weighted by Crippen LogP contribution is -2.45. The Morgan fingerprint density at radius 2 is 1.79 bits per heavy atom. The van der Waals surface area contributed by atoms with Crippen molar-refractivity contribution in [3.8, 4) is 0 Å². The normalized spacial score (nSPS) is 15.3. The molecule has 2 amide bonds. The molecule has 0 aliphatic carbocycles. The van der Waals surface area contributed by atoms with E-state index < -0.39 is 11.0 Å². The minimum atomic E-state index is -1.42. The number of likely N-dealkylation sites (tertiary alicyclic amines) is 1. The van der Waals surface area contributed by atoms with Gasteiger partial charge in [-0.05, 0) is 50.5 Å². The van der Waals surface area contributed by atoms with Crippen LogP contribution in [0, 0.1) is 6.92 Å². The van der Waals surface area contributed by atoms with Gasteiger partial charge in [-0.15, -0.1) is 0 Å². The number of hydrogen-bond acceptors (Lipinski definition) is 4. The average Bonchev–Trinajstić information content (AvgIpc) is 2.85. The summed E-state index contributed by atoms with van der Waals surface area (Å²) in [7, 11) is -1.42. The third-order valence-electron chi connectivity index (χ3n) is 6.17. The van der Waals surface area contributed by atoms with E-state index in [0.717, 1.165) is 30.0 Å². The number of carbonyl (C=O) groups is 2. The van der Waals surface area contributed by atoms with Crippen LogP contribution in [-0.4, -0.2) is 45.0 Å². The van der Waals surface area contributed by atoms with Crippen molar-refractivity contribution in [2.24, 2.45) is 0 Å². The van der Waals surface area contributed by atoms with Gasteiger partial charge in [0, 0.05) is 53.9 Å². The largest absolute Gasteiger partial charge is 0.343 e. The highest BCUT2D eigenvalue weighted by Crippen LogP contribution is 2.29. The van der Waals surface area contributed by atoms with Gasteiger partial charge in [0.05, 0.1) is 10.5 Å². The smallest absolute Gasteiger partial charge is 0.257 e. The maximum Gasteiger partial charge on any atom is 0.257 e. The van der Waals surface area contributed by atoms with Gasteiger partial charge in [-0.1, -0.05) is 31.2 Å². The minimum absolute atomic E-state index is 0.0817. The molecule has 4 rings (SSSR count). The maximum absolute atomic E-state index is 13.3. The fourth-order valence-corrected chi connectivity index (χ4v) is 5.52. The van der Waals surface area contributed by atoms with E-state index in [1.165, 1.54) is 0 Å². The molecule has 1 unspecified atom stereocenters. The van der Waals surface area contributed by atoms with Crippen molar-refractivity contribution in [2.75, 3.05) is 18.4 Å². The van der Waals surface area contributed by atoms with Crippen molar-refractivity contribution in [2.45, 2.75) is 50.5 Å². The number of fused-ring (bicyclic) bond motifs is 1. The van der Waals surface area contributed by atoms with Gasteiger partial charge in [-0.3, -0.25) is 14.6 Å². The molecule has 2 N–H and O–H groups in total. The van der Waals surface area contributed by atoms with Crippen LogP contribution >= 0.6 is 0 Å². The molecule has 8 heteroatoms. The van der Waals surface area contributed by atoms with Gasteiger partial charge in [0.15, 0.2) is 0 Å². The SMILES string of the molecule is CCCC(=O)N1CCC(NS(=O)c2ccc(NC(=O)c3cccnc3C)c3ccccc23)CC1. The number of anilines is 1. The first kappa shape index (κ1) is 24.0. The summed E-state index contributed by atoms with van der Waals surface area (Å²) in [6, 6.07) is 14.8. The van der Waals surface area contributed by atoms with Crippen molar-refractivity contribution >= 4 is 39.3 Å². The molecule has 1 aliphatic heterocycles. The Morgan fingerprint density at radius 1 is 1.06 bits per heavy atom. The van der Waals surface area contributed by atoms with E-state index in [1.807, 2.05) is 36.1 Å². The van der Waals surface area contributed by atoms with Gasteiger partial charge in [-0.2, -0.15) is 0 Å². The molecule has 0 spiro atoms. The highest BCUT2D eigenvalue weighted by atomic mass is 32.2. The quantitative estimate of drug-likeness (QED) is 0.532. The van der Waals surface area contributed by atoms with E-state index in [1.54, 1.807) is 37.4 Å². The number of rotatable bonds is 7. The first-order valence-corrected chi connectivity index (χ1v) is 12.8. The van der Waals surface area contributed by atoms with Crippen molar-refractivity contribution < 1.29 is 13.8 Å². The molecule has 1 fully saturated rings. The second-order valence-corrected chi connectivity index (χ2v) is 9.75. The molecule has 34 heavy (non-hydrogen) atoms. The van der Waals surface area contributed by atoms with Gasteiger partial charge < -0.3 is 10.2 Å². The number of amides is 2. The van der Waals surface area contributed by atoms with Gasteiger partial charge in [0.1, 0.15) is 11.0 Å². The van der Waals surface area contributed by atoms with E-state index in [-0.39, 0.29) is 17.9 Å². The van der Waals surface area contributed by atoms with Crippen molar-refractivity contribution in [1.82, 2.24) is 14.6 Å². The van der Waals surface area contributed by atoms with Crippen molar-refractivity contribution in [3.05, 3.63) is 66.0 Å². The van der Waals surface area contributed by atoms with Crippen LogP contribution in [0.25, 0.3) is 10.8 Å². The summed E-state index contributed by atoms with van der Waals surface area (Å²) in [5.41, 5.74) is 1.84. The molecule has 2 aromatic carbocycles. The second kappa shape index (κ2) is 10.9. The van der Waals surface area contributed by atoms with Crippen LogP contribution in [0.5, 0.6) is 0 Å². The summed E-state index contributed by atoms with van der Waals surface area (Å²) in [6.45, 7) is 5.19. The highest BCUT2D eigenvalue weighted by molar-refractivity contribution is 7.83. The number of pyridine rings is 1. The Morgan fingerprint density at radius 3 is 2.50 bits per heavy atom. The van der Waals surface area contributed by atoms with E-state index >= 15 is 0 Å². The lowest BCUT2D eigenvalue weighted by molar-refractivity contribution is -0.132. The zero-order chi connectivity index (χ0) is 24.1. The lowest BCUT2D eigenvalue weighted by Gasteiger charge is -2.32. The Labute approximate surface area is 202 Å². The molecule has 0 saturated carbocycles. The van der Waals surface area contributed by atoms with Crippen LogP contribution in [0.15, 0.2) is 59.6 Å². The van der Waals surface area contributed by atoms with Gasteiger partial charge >= 0.3 is 0 Å². The van der Waals surface area contributed by atoms with E-state index in [9.17, 15) is 13.8 Å². The summed E-state index contributed by atoms with van der Waals surface area (Å²) in [5, 5.41) is 4.63. The Hall–Kier alpha value is -3.10. The van der Waals surface area contributed by atoms with Gasteiger partial charge in [0.2, 0.25) is 5.91 Å². The number of carbonyl (C=O) groups excluding carboxylic acids is 2. The van der Waals surface area contributed by atoms with Gasteiger partial charge in [-0.25, -0.2) is 8.93 Å². The summed E-state index contributed by atoms with van der Waals surface area (Å²) < 4.78 is 16.5. The number of nitrogens with one attached hydrogen (secondary N) is 2. The van der Waals surface area contributed by atoms with Crippen molar-refractivity contribution in [1.29, 1.82) is 0 Å². The first-order chi connectivity index (χ1) is 16.5. The fourth-order valence-electron chi connectivity index (χ4n) is 4.29. The zero-order valence-electron chi connectivity index (χ0n) is 19.5. The first-order valence-electron chi connectivity index (χ1n) is 11.7. The minimum Gasteiger partial charge on any atom is -0.343 e. The molecule has 2 heterocycles. The molecule has 1 aliphatic rings. The van der Waals surface area contributed by atoms with E-state index in [2.05, 4.69) is 15.0 Å². The second-order valence-electron chi connectivity index (χ2n) is 8.54. The van der Waals surface area contributed by atoms with Crippen LogP contribution in [0.3, 0.4) is 0 Å². The molecule has 3 aromatic rings. The number of benzene rings is 2. The third-order valence-corrected chi connectivity index (χ3v) is 7.47. The van der Waals surface area contributed by atoms with Crippen LogP contribution in [0.2, 0.25) is 0 Å². The highest BCUT2D eigenvalue weighted by Gasteiger charge is 2.24. The molecule has 1 saturated heterocycles. The third kappa shape index (κ3) is 5.34. The van der Waals surface area contributed by atoms with E-state index in [4.69, 9.17) is 0 Å². The fraction of sp³-hybridized carbons (Fsp3) is 0.346. The van der Waals surface area contributed by atoms with E-state index in [0.29, 0.717) is 41.4 Å². The summed E-state index contributed by atoms with van der Waals surface area (Å²) >= 11 is 0. The molecule has 0 radical (unpaired) electrons.